The monoisotopic (exact) mass is 409 g/mol. The fourth-order valence-corrected chi connectivity index (χ4v) is 3.84. The normalized spacial score (nSPS) is 16.5. The number of amides is 1. The molecule has 0 unspecified atom stereocenters. The molecule has 0 saturated carbocycles. The van der Waals surface area contributed by atoms with E-state index in [-0.39, 0.29) is 30.0 Å². The first-order valence-electron chi connectivity index (χ1n) is 10.4. The summed E-state index contributed by atoms with van der Waals surface area (Å²) in [6.07, 6.45) is 3.69. The number of benzene rings is 1. The van der Waals surface area contributed by atoms with E-state index in [1.54, 1.807) is 10.9 Å². The van der Waals surface area contributed by atoms with Crippen molar-refractivity contribution >= 4 is 16.8 Å². The summed E-state index contributed by atoms with van der Waals surface area (Å²) in [6, 6.07) is 7.76. The predicted octanol–water partition coefficient (Wildman–Crippen LogP) is 2.31. The van der Waals surface area contributed by atoms with Crippen LogP contribution >= 0.6 is 0 Å². The molecule has 2 aromatic heterocycles. The second-order valence-electron chi connectivity index (χ2n) is 8.05. The molecule has 0 bridgehead atoms. The van der Waals surface area contributed by atoms with Crippen molar-refractivity contribution in [3.05, 3.63) is 52.1 Å². The summed E-state index contributed by atoms with van der Waals surface area (Å²) in [5, 5.41) is 12.6. The molecule has 3 heterocycles. The van der Waals surface area contributed by atoms with Gasteiger partial charge in [-0.15, -0.1) is 0 Å². The standard InChI is InChI=1S/C22H27N5O3/c1-14(2)20-17-12-24-27(18-9-5-4-7-15(18)3)21(17)22(29)26(25-20)13-19(28)23-11-16-8-6-10-30-16/h4-5,7,9,12,14,16H,6,8,10-11,13H2,1-3H3,(H,23,28)/t16-/m1/s1. The molecule has 8 heteroatoms. The average molecular weight is 409 g/mol. The second kappa shape index (κ2) is 8.39. The van der Waals surface area contributed by atoms with Crippen molar-refractivity contribution in [2.24, 2.45) is 0 Å². The Labute approximate surface area is 174 Å². The first-order chi connectivity index (χ1) is 14.5. The molecule has 1 aliphatic rings. The predicted molar refractivity (Wildman–Crippen MR) is 114 cm³/mol. The Hall–Kier alpha value is -3.00. The lowest BCUT2D eigenvalue weighted by Crippen LogP contribution is -2.38. The second-order valence-corrected chi connectivity index (χ2v) is 8.05. The van der Waals surface area contributed by atoms with Crippen LogP contribution in [0.15, 0.2) is 35.3 Å². The zero-order valence-corrected chi connectivity index (χ0v) is 17.6. The summed E-state index contributed by atoms with van der Waals surface area (Å²) in [6.45, 7) is 7.05. The molecule has 1 amide bonds. The van der Waals surface area contributed by atoms with Crippen LogP contribution in [0, 0.1) is 6.92 Å². The number of ether oxygens (including phenoxy) is 1. The maximum absolute atomic E-state index is 13.3. The van der Waals surface area contributed by atoms with E-state index in [9.17, 15) is 9.59 Å². The van der Waals surface area contributed by atoms with E-state index >= 15 is 0 Å². The summed E-state index contributed by atoms with van der Waals surface area (Å²) < 4.78 is 8.44. The number of hydrogen-bond donors (Lipinski definition) is 1. The summed E-state index contributed by atoms with van der Waals surface area (Å²) in [5.41, 5.74) is 2.69. The van der Waals surface area contributed by atoms with Crippen LogP contribution < -0.4 is 10.9 Å². The molecule has 8 nitrogen and oxygen atoms in total. The molecule has 0 radical (unpaired) electrons. The van der Waals surface area contributed by atoms with Gasteiger partial charge >= 0.3 is 0 Å². The molecule has 3 aromatic rings. The van der Waals surface area contributed by atoms with Gasteiger partial charge in [0.2, 0.25) is 5.91 Å². The number of carbonyl (C=O) groups excluding carboxylic acids is 1. The SMILES string of the molecule is Cc1ccccc1-n1ncc2c(C(C)C)nn(CC(=O)NC[C@H]3CCCO3)c(=O)c21. The van der Waals surface area contributed by atoms with Crippen molar-refractivity contribution in [3.8, 4) is 5.69 Å². The summed E-state index contributed by atoms with van der Waals surface area (Å²) in [5.74, 6) is -0.181. The van der Waals surface area contributed by atoms with Gasteiger partial charge in [-0.2, -0.15) is 10.2 Å². The molecule has 1 fully saturated rings. The van der Waals surface area contributed by atoms with Crippen LogP contribution in [0.2, 0.25) is 0 Å². The number of carbonyl (C=O) groups is 1. The average Bonchev–Trinajstić information content (AvgIpc) is 3.39. The van der Waals surface area contributed by atoms with Crippen molar-refractivity contribution in [1.29, 1.82) is 0 Å². The number of fused-ring (bicyclic) bond motifs is 1. The van der Waals surface area contributed by atoms with E-state index in [1.807, 2.05) is 45.0 Å². The molecular formula is C22H27N5O3. The molecule has 158 valence electrons. The van der Waals surface area contributed by atoms with Gasteiger partial charge in [0, 0.05) is 18.5 Å². The summed E-state index contributed by atoms with van der Waals surface area (Å²) in [7, 11) is 0. The highest BCUT2D eigenvalue weighted by Gasteiger charge is 2.21. The topological polar surface area (TPSA) is 91.0 Å². The van der Waals surface area contributed by atoms with Crippen molar-refractivity contribution in [2.45, 2.75) is 52.2 Å². The minimum atomic E-state index is -0.331. The summed E-state index contributed by atoms with van der Waals surface area (Å²) >= 11 is 0. The fourth-order valence-electron chi connectivity index (χ4n) is 3.84. The van der Waals surface area contributed by atoms with E-state index < -0.39 is 0 Å². The van der Waals surface area contributed by atoms with Gasteiger partial charge in [-0.05, 0) is 37.3 Å². The number of aromatic nitrogens is 4. The van der Waals surface area contributed by atoms with E-state index in [0.29, 0.717) is 17.4 Å². The fraction of sp³-hybridized carbons (Fsp3) is 0.455. The third-order valence-electron chi connectivity index (χ3n) is 5.45. The van der Waals surface area contributed by atoms with Gasteiger partial charge in [-0.1, -0.05) is 32.0 Å². The molecule has 0 spiro atoms. The van der Waals surface area contributed by atoms with Crippen molar-refractivity contribution in [1.82, 2.24) is 24.9 Å². The third-order valence-corrected chi connectivity index (χ3v) is 5.45. The minimum absolute atomic E-state index is 0.0508. The van der Waals surface area contributed by atoms with Crippen LogP contribution in [0.25, 0.3) is 16.6 Å². The molecule has 1 aromatic carbocycles. The van der Waals surface area contributed by atoms with Gasteiger partial charge in [0.05, 0.1) is 23.7 Å². The third kappa shape index (κ3) is 3.87. The van der Waals surface area contributed by atoms with Gasteiger partial charge in [-0.25, -0.2) is 9.36 Å². The van der Waals surface area contributed by atoms with Crippen LogP contribution in [0.5, 0.6) is 0 Å². The van der Waals surface area contributed by atoms with Crippen LogP contribution in [0.4, 0.5) is 0 Å². The Morgan fingerprint density at radius 3 is 2.83 bits per heavy atom. The smallest absolute Gasteiger partial charge is 0.293 e. The molecule has 1 N–H and O–H groups in total. The zero-order chi connectivity index (χ0) is 21.3. The van der Waals surface area contributed by atoms with E-state index in [0.717, 1.165) is 36.4 Å². The number of nitrogens with one attached hydrogen (secondary N) is 1. The van der Waals surface area contributed by atoms with Crippen LogP contribution in [0.3, 0.4) is 0 Å². The Kier molecular flexibility index (Phi) is 5.67. The van der Waals surface area contributed by atoms with Gasteiger partial charge in [0.15, 0.2) is 0 Å². The van der Waals surface area contributed by atoms with Crippen LogP contribution in [-0.2, 0) is 16.1 Å². The largest absolute Gasteiger partial charge is 0.376 e. The zero-order valence-electron chi connectivity index (χ0n) is 17.6. The van der Waals surface area contributed by atoms with Crippen LogP contribution in [0.1, 0.15) is 43.9 Å². The first kappa shape index (κ1) is 20.3. The Morgan fingerprint density at radius 1 is 1.33 bits per heavy atom. The van der Waals surface area contributed by atoms with Crippen molar-refractivity contribution in [3.63, 3.8) is 0 Å². The lowest BCUT2D eigenvalue weighted by atomic mass is 10.1. The molecule has 30 heavy (non-hydrogen) atoms. The van der Waals surface area contributed by atoms with Gasteiger partial charge in [0.1, 0.15) is 12.1 Å². The van der Waals surface area contributed by atoms with Gasteiger partial charge in [0.25, 0.3) is 5.56 Å². The molecule has 1 aliphatic heterocycles. The molecule has 4 rings (SSSR count). The molecule has 1 saturated heterocycles. The lowest BCUT2D eigenvalue weighted by Gasteiger charge is -2.14. The lowest BCUT2D eigenvalue weighted by molar-refractivity contribution is -0.122. The van der Waals surface area contributed by atoms with E-state index in [1.165, 1.54) is 4.68 Å². The van der Waals surface area contributed by atoms with Gasteiger partial charge < -0.3 is 10.1 Å². The number of aryl methyl sites for hydroxylation is 1. The first-order valence-corrected chi connectivity index (χ1v) is 10.4. The van der Waals surface area contributed by atoms with Crippen molar-refractivity contribution in [2.75, 3.05) is 13.2 Å². The Morgan fingerprint density at radius 2 is 2.13 bits per heavy atom. The molecular weight excluding hydrogens is 382 g/mol. The minimum Gasteiger partial charge on any atom is -0.376 e. The maximum atomic E-state index is 13.3. The summed E-state index contributed by atoms with van der Waals surface area (Å²) in [4.78, 5) is 25.8. The van der Waals surface area contributed by atoms with E-state index in [4.69, 9.17) is 4.74 Å². The highest BCUT2D eigenvalue weighted by Crippen LogP contribution is 2.24. The Bertz CT molecular complexity index is 1130. The Balaban J connectivity index is 1.72. The number of rotatable bonds is 6. The highest BCUT2D eigenvalue weighted by atomic mass is 16.5. The highest BCUT2D eigenvalue weighted by molar-refractivity contribution is 5.83. The molecule has 0 aliphatic carbocycles. The van der Waals surface area contributed by atoms with Crippen molar-refractivity contribution < 1.29 is 9.53 Å². The van der Waals surface area contributed by atoms with Gasteiger partial charge in [-0.3, -0.25) is 9.59 Å². The number of para-hydroxylation sites is 1. The maximum Gasteiger partial charge on any atom is 0.293 e. The number of hydrogen-bond acceptors (Lipinski definition) is 5. The van der Waals surface area contributed by atoms with E-state index in [2.05, 4.69) is 15.5 Å². The quantitative estimate of drug-likeness (QED) is 0.675. The molecule has 1 atom stereocenters. The number of nitrogens with zero attached hydrogens (tertiary/aromatic N) is 4. The van der Waals surface area contributed by atoms with Crippen LogP contribution in [-0.4, -0.2) is 44.7 Å².